The van der Waals surface area contributed by atoms with Gasteiger partial charge in [0.15, 0.2) is 0 Å². The van der Waals surface area contributed by atoms with Crippen molar-refractivity contribution in [2.75, 3.05) is 26.4 Å². The van der Waals surface area contributed by atoms with Crippen molar-refractivity contribution in [2.45, 2.75) is 65.3 Å². The van der Waals surface area contributed by atoms with Gasteiger partial charge in [-0.15, -0.1) is 0 Å². The molecule has 0 bridgehead atoms. The van der Waals surface area contributed by atoms with E-state index < -0.39 is 0 Å². The third kappa shape index (κ3) is 6.99. The molecule has 3 rings (SSSR count). The van der Waals surface area contributed by atoms with Crippen LogP contribution in [0, 0.1) is 11.8 Å². The van der Waals surface area contributed by atoms with Gasteiger partial charge in [-0.3, -0.25) is 0 Å². The van der Waals surface area contributed by atoms with Crippen LogP contribution in [0.25, 0.3) is 0 Å². The number of benzene rings is 1. The van der Waals surface area contributed by atoms with Crippen LogP contribution in [-0.4, -0.2) is 26.4 Å². The normalized spacial score (nSPS) is 19.4. The number of hydrogen-bond acceptors (Lipinski definition) is 3. The van der Waals surface area contributed by atoms with Crippen molar-refractivity contribution in [3.8, 4) is 5.75 Å². The fourth-order valence-electron chi connectivity index (χ4n) is 3.92. The molecule has 0 amide bonds. The second-order valence-corrected chi connectivity index (χ2v) is 7.44. The van der Waals surface area contributed by atoms with Crippen LogP contribution in [0.4, 0.5) is 0 Å². The lowest BCUT2D eigenvalue weighted by molar-refractivity contribution is 0.0496. The highest BCUT2D eigenvalue weighted by Gasteiger charge is 2.15. The molecule has 0 atom stereocenters. The lowest BCUT2D eigenvalue weighted by Gasteiger charge is -2.23. The topological polar surface area (TPSA) is 30.5 Å². The summed E-state index contributed by atoms with van der Waals surface area (Å²) in [5.74, 6) is 2.64. The Labute approximate surface area is 154 Å². The van der Waals surface area contributed by atoms with Gasteiger partial charge in [0, 0.05) is 25.3 Å². The SMILES string of the molecule is C.c1ccc(OCC2CCOCC2)c(CNCCC2CCCCC2)c1. The van der Waals surface area contributed by atoms with E-state index in [1.807, 2.05) is 0 Å². The Morgan fingerprint density at radius 3 is 2.52 bits per heavy atom. The van der Waals surface area contributed by atoms with Crippen molar-refractivity contribution in [3.63, 3.8) is 0 Å². The minimum absolute atomic E-state index is 0. The van der Waals surface area contributed by atoms with E-state index in [1.165, 1.54) is 44.1 Å². The van der Waals surface area contributed by atoms with E-state index in [4.69, 9.17) is 9.47 Å². The largest absolute Gasteiger partial charge is 0.493 e. The van der Waals surface area contributed by atoms with Crippen molar-refractivity contribution >= 4 is 0 Å². The van der Waals surface area contributed by atoms with E-state index in [1.54, 1.807) is 0 Å². The zero-order chi connectivity index (χ0) is 16.5. The fourth-order valence-corrected chi connectivity index (χ4v) is 3.92. The van der Waals surface area contributed by atoms with Crippen LogP contribution in [0.3, 0.4) is 0 Å². The van der Waals surface area contributed by atoms with E-state index in [9.17, 15) is 0 Å². The van der Waals surface area contributed by atoms with E-state index in [0.717, 1.165) is 57.4 Å². The maximum Gasteiger partial charge on any atom is 0.123 e. The fraction of sp³-hybridized carbons (Fsp3) is 0.727. The molecule has 1 aliphatic carbocycles. The van der Waals surface area contributed by atoms with Crippen LogP contribution in [0.15, 0.2) is 24.3 Å². The number of rotatable bonds is 8. The number of ether oxygens (including phenoxy) is 2. The van der Waals surface area contributed by atoms with E-state index in [-0.39, 0.29) is 7.43 Å². The third-order valence-electron chi connectivity index (χ3n) is 5.56. The van der Waals surface area contributed by atoms with Crippen LogP contribution in [-0.2, 0) is 11.3 Å². The maximum atomic E-state index is 6.13. The van der Waals surface area contributed by atoms with Crippen molar-refractivity contribution in [1.82, 2.24) is 5.32 Å². The van der Waals surface area contributed by atoms with Gasteiger partial charge in [0.25, 0.3) is 0 Å². The van der Waals surface area contributed by atoms with Crippen LogP contribution in [0.2, 0.25) is 0 Å². The first-order valence-corrected chi connectivity index (χ1v) is 9.91. The molecule has 1 saturated carbocycles. The summed E-state index contributed by atoms with van der Waals surface area (Å²) in [6.07, 6.45) is 10.8. The monoisotopic (exact) mass is 347 g/mol. The first-order valence-electron chi connectivity index (χ1n) is 9.91. The summed E-state index contributed by atoms with van der Waals surface area (Å²) in [5, 5.41) is 3.63. The van der Waals surface area contributed by atoms with Crippen molar-refractivity contribution in [3.05, 3.63) is 29.8 Å². The summed E-state index contributed by atoms with van der Waals surface area (Å²) >= 11 is 0. The van der Waals surface area contributed by atoms with Crippen molar-refractivity contribution in [1.29, 1.82) is 0 Å². The molecule has 1 heterocycles. The summed E-state index contributed by atoms with van der Waals surface area (Å²) in [5.41, 5.74) is 1.29. The molecule has 2 fully saturated rings. The molecule has 1 aromatic rings. The Morgan fingerprint density at radius 2 is 1.72 bits per heavy atom. The molecular weight excluding hydrogens is 310 g/mol. The minimum Gasteiger partial charge on any atom is -0.493 e. The predicted octanol–water partition coefficient (Wildman–Crippen LogP) is 5.19. The van der Waals surface area contributed by atoms with Gasteiger partial charge in [0.05, 0.1) is 6.61 Å². The Hall–Kier alpha value is -1.06. The van der Waals surface area contributed by atoms with Gasteiger partial charge in [-0.1, -0.05) is 57.7 Å². The zero-order valence-electron chi connectivity index (χ0n) is 15.0. The lowest BCUT2D eigenvalue weighted by Crippen LogP contribution is -2.22. The van der Waals surface area contributed by atoms with Gasteiger partial charge in [-0.25, -0.2) is 0 Å². The van der Waals surface area contributed by atoms with E-state index in [0.29, 0.717) is 5.92 Å². The molecule has 1 aromatic carbocycles. The highest BCUT2D eigenvalue weighted by atomic mass is 16.5. The van der Waals surface area contributed by atoms with Crippen LogP contribution >= 0.6 is 0 Å². The Morgan fingerprint density at radius 1 is 0.960 bits per heavy atom. The Bertz CT molecular complexity index is 465. The summed E-state index contributed by atoms with van der Waals surface area (Å²) in [4.78, 5) is 0. The van der Waals surface area contributed by atoms with Crippen LogP contribution < -0.4 is 10.1 Å². The smallest absolute Gasteiger partial charge is 0.123 e. The standard InChI is InChI=1S/C21H33NO2.CH4/c1-2-6-18(7-3-1)10-13-22-16-20-8-4-5-9-21(20)24-17-19-11-14-23-15-12-19;/h4-5,8-9,18-19,22H,1-3,6-7,10-17H2;1H4. The molecule has 0 spiro atoms. The van der Waals surface area contributed by atoms with Gasteiger partial charge < -0.3 is 14.8 Å². The quantitative estimate of drug-likeness (QED) is 0.657. The predicted molar refractivity (Wildman–Crippen MR) is 105 cm³/mol. The summed E-state index contributed by atoms with van der Waals surface area (Å²) < 4.78 is 11.6. The first-order chi connectivity index (χ1) is 11.9. The summed E-state index contributed by atoms with van der Waals surface area (Å²) in [7, 11) is 0. The molecule has 3 heteroatoms. The summed E-state index contributed by atoms with van der Waals surface area (Å²) in [6, 6.07) is 8.48. The minimum atomic E-state index is 0. The van der Waals surface area contributed by atoms with Gasteiger partial charge in [-0.05, 0) is 43.7 Å². The van der Waals surface area contributed by atoms with Crippen molar-refractivity contribution < 1.29 is 9.47 Å². The van der Waals surface area contributed by atoms with E-state index in [2.05, 4.69) is 29.6 Å². The second-order valence-electron chi connectivity index (χ2n) is 7.44. The van der Waals surface area contributed by atoms with Crippen LogP contribution in [0.1, 0.15) is 64.4 Å². The van der Waals surface area contributed by atoms with Gasteiger partial charge >= 0.3 is 0 Å². The average molecular weight is 348 g/mol. The second kappa shape index (κ2) is 11.5. The number of hydrogen-bond donors (Lipinski definition) is 1. The molecule has 1 aliphatic heterocycles. The van der Waals surface area contributed by atoms with Gasteiger partial charge in [0.2, 0.25) is 0 Å². The third-order valence-corrected chi connectivity index (χ3v) is 5.56. The Kier molecular flexibility index (Phi) is 9.35. The average Bonchev–Trinajstić information content (AvgIpc) is 2.66. The molecule has 1 N–H and O–H groups in total. The first kappa shape index (κ1) is 20.3. The van der Waals surface area contributed by atoms with E-state index >= 15 is 0 Å². The number of para-hydroxylation sites is 1. The van der Waals surface area contributed by atoms with Gasteiger partial charge in [-0.2, -0.15) is 0 Å². The van der Waals surface area contributed by atoms with Crippen molar-refractivity contribution in [2.24, 2.45) is 11.8 Å². The van der Waals surface area contributed by atoms with Gasteiger partial charge in [0.1, 0.15) is 5.75 Å². The molecule has 0 unspecified atom stereocenters. The molecule has 25 heavy (non-hydrogen) atoms. The lowest BCUT2D eigenvalue weighted by atomic mass is 9.87. The number of nitrogens with one attached hydrogen (secondary N) is 1. The highest BCUT2D eigenvalue weighted by Crippen LogP contribution is 2.26. The Balaban J connectivity index is 0.00000225. The maximum absolute atomic E-state index is 6.13. The van der Waals surface area contributed by atoms with Crippen LogP contribution in [0.5, 0.6) is 5.75 Å². The highest BCUT2D eigenvalue weighted by molar-refractivity contribution is 5.33. The molecular formula is C22H37NO2. The molecule has 0 radical (unpaired) electrons. The summed E-state index contributed by atoms with van der Waals surface area (Å²) in [6.45, 7) is 4.63. The molecule has 3 nitrogen and oxygen atoms in total. The zero-order valence-corrected chi connectivity index (χ0v) is 15.0. The molecule has 142 valence electrons. The molecule has 2 aliphatic rings. The molecule has 1 saturated heterocycles. The molecule has 0 aromatic heterocycles.